The first kappa shape index (κ1) is 21.8. The lowest BCUT2D eigenvalue weighted by molar-refractivity contribution is 0.0114. The monoisotopic (exact) mass is 433 g/mol. The third-order valence-electron chi connectivity index (χ3n) is 5.87. The first-order valence-electron chi connectivity index (χ1n) is 10.7. The van der Waals surface area contributed by atoms with Crippen LogP contribution in [0.4, 0.5) is 8.78 Å². The Morgan fingerprint density at radius 2 is 2.00 bits per heavy atom. The fraction of sp³-hybridized carbons (Fsp3) is 0.500. The Bertz CT molecular complexity index is 899. The predicted octanol–water partition coefficient (Wildman–Crippen LogP) is 4.77. The van der Waals surface area contributed by atoms with Crippen LogP contribution in [0.1, 0.15) is 24.8 Å². The van der Waals surface area contributed by atoms with Gasteiger partial charge in [0.15, 0.2) is 11.5 Å². The molecule has 0 aromatic heterocycles. The third kappa shape index (κ3) is 5.10. The van der Waals surface area contributed by atoms with Crippen LogP contribution in [0.3, 0.4) is 0 Å². The van der Waals surface area contributed by atoms with Gasteiger partial charge in [-0.3, -0.25) is 4.90 Å². The molecule has 0 bridgehead atoms. The number of benzene rings is 2. The van der Waals surface area contributed by atoms with Crippen molar-refractivity contribution in [2.45, 2.75) is 37.8 Å². The van der Waals surface area contributed by atoms with Gasteiger partial charge < -0.3 is 18.9 Å². The van der Waals surface area contributed by atoms with E-state index in [1.54, 1.807) is 19.1 Å². The van der Waals surface area contributed by atoms with Crippen LogP contribution in [-0.2, 0) is 11.3 Å². The highest BCUT2D eigenvalue weighted by Crippen LogP contribution is 2.40. The first-order chi connectivity index (χ1) is 15.0. The second kappa shape index (κ2) is 9.40. The normalized spacial score (nSPS) is 20.7. The van der Waals surface area contributed by atoms with Crippen molar-refractivity contribution in [1.29, 1.82) is 0 Å². The Kier molecular flexibility index (Phi) is 6.62. The van der Waals surface area contributed by atoms with Crippen LogP contribution in [0.2, 0.25) is 0 Å². The molecule has 2 aliphatic heterocycles. The summed E-state index contributed by atoms with van der Waals surface area (Å²) >= 11 is 0. The maximum absolute atomic E-state index is 13.8. The van der Waals surface area contributed by atoms with Crippen LogP contribution in [0.5, 0.6) is 17.2 Å². The highest BCUT2D eigenvalue weighted by atomic mass is 19.3. The summed E-state index contributed by atoms with van der Waals surface area (Å²) in [4.78, 5) is 1.78. The standard InChI is InChI=1S/C24H29F2NO4/c1-28-22-7-3-6-20(23(22)29-2)17-8-9-21(31-15-19-5-4-12-30-19)18(13-17)14-27-11-10-24(25,26)16-27/h3,6-9,13,19H,4-5,10-12,14-16H2,1-2H3. The van der Waals surface area contributed by atoms with Crippen LogP contribution in [-0.4, -0.2) is 57.4 Å². The molecule has 7 heteroatoms. The Morgan fingerprint density at radius 3 is 2.68 bits per heavy atom. The van der Waals surface area contributed by atoms with E-state index in [1.807, 2.05) is 36.4 Å². The van der Waals surface area contributed by atoms with Crippen molar-refractivity contribution in [3.8, 4) is 28.4 Å². The van der Waals surface area contributed by atoms with Crippen LogP contribution < -0.4 is 14.2 Å². The molecule has 2 fully saturated rings. The number of nitrogens with zero attached hydrogens (tertiary/aromatic N) is 1. The van der Waals surface area contributed by atoms with Gasteiger partial charge in [0.25, 0.3) is 5.92 Å². The molecule has 4 rings (SSSR count). The average molecular weight is 433 g/mol. The van der Waals surface area contributed by atoms with Gasteiger partial charge in [0.1, 0.15) is 12.4 Å². The zero-order chi connectivity index (χ0) is 21.8. The molecule has 2 heterocycles. The molecule has 2 saturated heterocycles. The summed E-state index contributed by atoms with van der Waals surface area (Å²) in [6.45, 7) is 1.76. The fourth-order valence-electron chi connectivity index (χ4n) is 4.27. The molecule has 0 N–H and O–H groups in total. The zero-order valence-electron chi connectivity index (χ0n) is 18.0. The smallest absolute Gasteiger partial charge is 0.261 e. The van der Waals surface area contributed by atoms with Crippen molar-refractivity contribution in [2.24, 2.45) is 0 Å². The highest BCUT2D eigenvalue weighted by Gasteiger charge is 2.38. The van der Waals surface area contributed by atoms with E-state index in [1.165, 1.54) is 0 Å². The number of methoxy groups -OCH3 is 2. The van der Waals surface area contributed by atoms with Gasteiger partial charge in [-0.2, -0.15) is 0 Å². The fourth-order valence-corrected chi connectivity index (χ4v) is 4.27. The molecule has 1 unspecified atom stereocenters. The van der Waals surface area contributed by atoms with E-state index in [9.17, 15) is 8.78 Å². The van der Waals surface area contributed by atoms with Gasteiger partial charge in [0, 0.05) is 37.2 Å². The minimum Gasteiger partial charge on any atom is -0.493 e. The van der Waals surface area contributed by atoms with Crippen LogP contribution in [0, 0.1) is 0 Å². The van der Waals surface area contributed by atoms with Crippen molar-refractivity contribution in [3.63, 3.8) is 0 Å². The van der Waals surface area contributed by atoms with Crippen molar-refractivity contribution < 1.29 is 27.7 Å². The topological polar surface area (TPSA) is 40.2 Å². The number of rotatable bonds is 8. The van der Waals surface area contributed by atoms with E-state index in [0.29, 0.717) is 36.9 Å². The number of hydrogen-bond acceptors (Lipinski definition) is 5. The molecule has 168 valence electrons. The first-order valence-corrected chi connectivity index (χ1v) is 10.7. The Hall–Kier alpha value is -2.38. The molecule has 1 atom stereocenters. The van der Waals surface area contributed by atoms with Crippen molar-refractivity contribution in [1.82, 2.24) is 4.90 Å². The summed E-state index contributed by atoms with van der Waals surface area (Å²) in [5.41, 5.74) is 2.67. The summed E-state index contributed by atoms with van der Waals surface area (Å²) in [6.07, 6.45) is 2.00. The number of halogens is 2. The molecule has 2 aromatic carbocycles. The molecular weight excluding hydrogens is 404 g/mol. The summed E-state index contributed by atoms with van der Waals surface area (Å²) in [5, 5.41) is 0. The van der Waals surface area contributed by atoms with E-state index >= 15 is 0 Å². The van der Waals surface area contributed by atoms with Crippen LogP contribution in [0.25, 0.3) is 11.1 Å². The lowest BCUT2D eigenvalue weighted by Gasteiger charge is -2.21. The molecule has 2 aliphatic rings. The molecule has 0 amide bonds. The number of alkyl halides is 2. The van der Waals surface area contributed by atoms with Gasteiger partial charge in [0.05, 0.1) is 26.9 Å². The lowest BCUT2D eigenvalue weighted by atomic mass is 10.0. The SMILES string of the molecule is COc1cccc(-c2ccc(OCC3CCCO3)c(CN3CCC(F)(F)C3)c2)c1OC. The maximum Gasteiger partial charge on any atom is 0.261 e. The predicted molar refractivity (Wildman–Crippen MR) is 114 cm³/mol. The molecule has 0 spiro atoms. The second-order valence-electron chi connectivity index (χ2n) is 8.13. The number of likely N-dealkylation sites (tertiary alicyclic amines) is 1. The van der Waals surface area contributed by atoms with Crippen molar-refractivity contribution in [2.75, 3.05) is 40.5 Å². The highest BCUT2D eigenvalue weighted by molar-refractivity contribution is 5.75. The molecule has 31 heavy (non-hydrogen) atoms. The van der Waals surface area contributed by atoms with E-state index in [-0.39, 0.29) is 19.1 Å². The van der Waals surface area contributed by atoms with Gasteiger partial charge in [0.2, 0.25) is 0 Å². The molecule has 0 saturated carbocycles. The second-order valence-corrected chi connectivity index (χ2v) is 8.13. The molecular formula is C24H29F2NO4. The van der Waals surface area contributed by atoms with E-state index < -0.39 is 5.92 Å². The van der Waals surface area contributed by atoms with Crippen molar-refractivity contribution >= 4 is 0 Å². The third-order valence-corrected chi connectivity index (χ3v) is 5.87. The number of hydrogen-bond donors (Lipinski definition) is 0. The quantitative estimate of drug-likeness (QED) is 0.600. The summed E-state index contributed by atoms with van der Waals surface area (Å²) < 4.78 is 50.3. The maximum atomic E-state index is 13.8. The van der Waals surface area contributed by atoms with Gasteiger partial charge in [-0.15, -0.1) is 0 Å². The largest absolute Gasteiger partial charge is 0.493 e. The Labute approximate surface area is 181 Å². The minimum absolute atomic E-state index is 0.0853. The number of para-hydroxylation sites is 1. The van der Waals surface area contributed by atoms with E-state index in [4.69, 9.17) is 18.9 Å². The van der Waals surface area contributed by atoms with Gasteiger partial charge in [-0.05, 0) is 36.6 Å². The Balaban J connectivity index is 1.63. The summed E-state index contributed by atoms with van der Waals surface area (Å²) in [7, 11) is 3.20. The summed E-state index contributed by atoms with van der Waals surface area (Å²) in [6, 6.07) is 11.6. The zero-order valence-corrected chi connectivity index (χ0v) is 18.0. The summed E-state index contributed by atoms with van der Waals surface area (Å²) in [5.74, 6) is -0.653. The van der Waals surface area contributed by atoms with E-state index in [2.05, 4.69) is 0 Å². The van der Waals surface area contributed by atoms with Gasteiger partial charge >= 0.3 is 0 Å². The van der Waals surface area contributed by atoms with E-state index in [0.717, 1.165) is 36.1 Å². The van der Waals surface area contributed by atoms with Crippen LogP contribution in [0.15, 0.2) is 36.4 Å². The lowest BCUT2D eigenvalue weighted by Crippen LogP contribution is -2.25. The minimum atomic E-state index is -2.63. The molecule has 2 aromatic rings. The average Bonchev–Trinajstić information content (AvgIpc) is 3.41. The van der Waals surface area contributed by atoms with Crippen molar-refractivity contribution in [3.05, 3.63) is 42.0 Å². The van der Waals surface area contributed by atoms with Gasteiger partial charge in [-0.25, -0.2) is 8.78 Å². The Morgan fingerprint density at radius 1 is 1.13 bits per heavy atom. The number of ether oxygens (including phenoxy) is 4. The molecule has 0 radical (unpaired) electrons. The molecule has 5 nitrogen and oxygen atoms in total. The molecule has 0 aliphatic carbocycles. The van der Waals surface area contributed by atoms with Gasteiger partial charge in [-0.1, -0.05) is 18.2 Å². The van der Waals surface area contributed by atoms with Crippen LogP contribution >= 0.6 is 0 Å².